The summed E-state index contributed by atoms with van der Waals surface area (Å²) >= 11 is 0. The van der Waals surface area contributed by atoms with E-state index in [0.717, 1.165) is 5.56 Å². The first-order valence-electron chi connectivity index (χ1n) is 5.83. The molecule has 0 aliphatic heterocycles. The molecule has 2 aromatic carbocycles. The topological polar surface area (TPSA) is 92.5 Å². The van der Waals surface area contributed by atoms with Crippen LogP contribution in [0.5, 0.6) is 0 Å². The number of hydrogen-bond donors (Lipinski definition) is 2. The van der Waals surface area contributed by atoms with Gasteiger partial charge < -0.3 is 10.4 Å². The van der Waals surface area contributed by atoms with Gasteiger partial charge in [0, 0.05) is 23.5 Å². The van der Waals surface area contributed by atoms with E-state index >= 15 is 0 Å². The number of nitro groups is 1. The van der Waals surface area contributed by atoms with Crippen molar-refractivity contribution in [1.29, 1.82) is 0 Å². The number of hydrogen-bond acceptors (Lipinski definition) is 4. The number of anilines is 2. The summed E-state index contributed by atoms with van der Waals surface area (Å²) < 4.78 is 0. The second kappa shape index (κ2) is 5.40. The number of nitrogens with zero attached hydrogens (tertiary/aromatic N) is 1. The van der Waals surface area contributed by atoms with Gasteiger partial charge in [0.1, 0.15) is 0 Å². The number of benzene rings is 2. The minimum Gasteiger partial charge on any atom is -0.478 e. The van der Waals surface area contributed by atoms with Crippen molar-refractivity contribution in [3.05, 3.63) is 63.7 Å². The Hall–Kier alpha value is -2.89. The fourth-order valence-electron chi connectivity index (χ4n) is 1.74. The minimum absolute atomic E-state index is 0.0208. The van der Waals surface area contributed by atoms with Crippen molar-refractivity contribution in [2.45, 2.75) is 6.92 Å². The summed E-state index contributed by atoms with van der Waals surface area (Å²) in [5.41, 5.74) is 2.09. The van der Waals surface area contributed by atoms with Crippen molar-refractivity contribution in [2.24, 2.45) is 0 Å². The van der Waals surface area contributed by atoms with Crippen molar-refractivity contribution >= 4 is 23.0 Å². The Morgan fingerprint density at radius 3 is 2.65 bits per heavy atom. The van der Waals surface area contributed by atoms with Gasteiger partial charge in [-0.1, -0.05) is 12.1 Å². The number of non-ortho nitro benzene ring substituents is 1. The summed E-state index contributed by atoms with van der Waals surface area (Å²) in [5, 5.41) is 22.7. The van der Waals surface area contributed by atoms with Crippen LogP contribution in [0.15, 0.2) is 42.5 Å². The Morgan fingerprint density at radius 1 is 1.25 bits per heavy atom. The van der Waals surface area contributed by atoms with Gasteiger partial charge in [0.25, 0.3) is 5.69 Å². The summed E-state index contributed by atoms with van der Waals surface area (Å²) in [5.74, 6) is -1.02. The van der Waals surface area contributed by atoms with Crippen LogP contribution in [0.1, 0.15) is 15.9 Å². The molecular formula is C14H12N2O4. The molecule has 6 heteroatoms. The van der Waals surface area contributed by atoms with Crippen LogP contribution in [0.25, 0.3) is 0 Å². The molecule has 2 aromatic rings. The van der Waals surface area contributed by atoms with Gasteiger partial charge in [0.15, 0.2) is 0 Å². The molecule has 2 rings (SSSR count). The van der Waals surface area contributed by atoms with Gasteiger partial charge in [0.2, 0.25) is 0 Å². The summed E-state index contributed by atoms with van der Waals surface area (Å²) in [6.07, 6.45) is 0. The van der Waals surface area contributed by atoms with Crippen molar-refractivity contribution in [2.75, 3.05) is 5.32 Å². The summed E-state index contributed by atoms with van der Waals surface area (Å²) in [4.78, 5) is 21.2. The van der Waals surface area contributed by atoms with E-state index in [1.807, 2.05) is 6.92 Å². The quantitative estimate of drug-likeness (QED) is 0.657. The maximum Gasteiger partial charge on any atom is 0.335 e. The predicted molar refractivity (Wildman–Crippen MR) is 74.5 cm³/mol. The number of nitro benzene ring substituents is 1. The monoisotopic (exact) mass is 272 g/mol. The lowest BCUT2D eigenvalue weighted by Gasteiger charge is -2.10. The molecule has 6 nitrogen and oxygen atoms in total. The average Bonchev–Trinajstić information content (AvgIpc) is 2.41. The highest BCUT2D eigenvalue weighted by molar-refractivity contribution is 5.89. The van der Waals surface area contributed by atoms with Gasteiger partial charge in [-0.05, 0) is 30.7 Å². The van der Waals surface area contributed by atoms with Crippen molar-refractivity contribution in [3.8, 4) is 0 Å². The van der Waals surface area contributed by atoms with Crippen molar-refractivity contribution in [1.82, 2.24) is 0 Å². The molecule has 0 unspecified atom stereocenters. The van der Waals surface area contributed by atoms with Crippen LogP contribution in [-0.4, -0.2) is 16.0 Å². The molecule has 0 bridgehead atoms. The zero-order chi connectivity index (χ0) is 14.7. The Morgan fingerprint density at radius 2 is 2.00 bits per heavy atom. The first-order valence-corrected chi connectivity index (χ1v) is 5.83. The third-order valence-electron chi connectivity index (χ3n) is 2.82. The van der Waals surface area contributed by atoms with E-state index in [-0.39, 0.29) is 11.3 Å². The number of rotatable bonds is 4. The number of carboxylic acid groups (broad SMARTS) is 1. The number of carbonyl (C=O) groups is 1. The van der Waals surface area contributed by atoms with E-state index in [0.29, 0.717) is 11.4 Å². The Balaban J connectivity index is 2.34. The summed E-state index contributed by atoms with van der Waals surface area (Å²) in [6.45, 7) is 1.81. The number of nitrogens with one attached hydrogen (secondary N) is 1. The fraction of sp³-hybridized carbons (Fsp3) is 0.0714. The van der Waals surface area contributed by atoms with E-state index < -0.39 is 10.9 Å². The molecule has 0 aliphatic rings. The molecule has 20 heavy (non-hydrogen) atoms. The molecule has 0 aliphatic carbocycles. The molecule has 0 fully saturated rings. The SMILES string of the molecule is Cc1ccc([N+](=O)[O-])cc1Nc1cccc(C(=O)O)c1. The van der Waals surface area contributed by atoms with Gasteiger partial charge in [-0.15, -0.1) is 0 Å². The zero-order valence-corrected chi connectivity index (χ0v) is 10.7. The van der Waals surface area contributed by atoms with Crippen LogP contribution < -0.4 is 5.32 Å². The highest BCUT2D eigenvalue weighted by Crippen LogP contribution is 2.25. The van der Waals surface area contributed by atoms with Crippen LogP contribution >= 0.6 is 0 Å². The largest absolute Gasteiger partial charge is 0.478 e. The Bertz CT molecular complexity index is 683. The van der Waals surface area contributed by atoms with Gasteiger partial charge in [-0.3, -0.25) is 10.1 Å². The average molecular weight is 272 g/mol. The molecule has 0 spiro atoms. The van der Waals surface area contributed by atoms with Gasteiger partial charge in [0.05, 0.1) is 10.5 Å². The molecule has 0 radical (unpaired) electrons. The lowest BCUT2D eigenvalue weighted by atomic mass is 10.1. The fourth-order valence-corrected chi connectivity index (χ4v) is 1.74. The third kappa shape index (κ3) is 2.92. The molecule has 0 saturated heterocycles. The second-order valence-electron chi connectivity index (χ2n) is 4.27. The standard InChI is InChI=1S/C14H12N2O4/c1-9-5-6-12(16(19)20)8-13(9)15-11-4-2-3-10(7-11)14(17)18/h2-8,15H,1H3,(H,17,18). The predicted octanol–water partition coefficient (Wildman–Crippen LogP) is 3.35. The van der Waals surface area contributed by atoms with E-state index in [2.05, 4.69) is 5.32 Å². The molecule has 0 atom stereocenters. The lowest BCUT2D eigenvalue weighted by Crippen LogP contribution is -1.99. The number of aromatic carboxylic acids is 1. The molecule has 0 heterocycles. The molecule has 2 N–H and O–H groups in total. The molecule has 0 amide bonds. The Labute approximate surface area is 114 Å². The van der Waals surface area contributed by atoms with Crippen LogP contribution in [0.4, 0.5) is 17.1 Å². The van der Waals surface area contributed by atoms with Gasteiger partial charge in [-0.25, -0.2) is 4.79 Å². The first-order chi connectivity index (χ1) is 9.47. The highest BCUT2D eigenvalue weighted by atomic mass is 16.6. The summed E-state index contributed by atoms with van der Waals surface area (Å²) in [7, 11) is 0. The third-order valence-corrected chi connectivity index (χ3v) is 2.82. The van der Waals surface area contributed by atoms with Crippen molar-refractivity contribution in [3.63, 3.8) is 0 Å². The molecule has 102 valence electrons. The Kier molecular flexibility index (Phi) is 3.65. The van der Waals surface area contributed by atoms with Crippen LogP contribution in [-0.2, 0) is 0 Å². The number of carboxylic acids is 1. The van der Waals surface area contributed by atoms with E-state index in [1.165, 1.54) is 24.3 Å². The van der Waals surface area contributed by atoms with Crippen LogP contribution in [0, 0.1) is 17.0 Å². The summed E-state index contributed by atoms with van der Waals surface area (Å²) in [6, 6.07) is 10.7. The highest BCUT2D eigenvalue weighted by Gasteiger charge is 2.09. The minimum atomic E-state index is -1.02. The smallest absolute Gasteiger partial charge is 0.335 e. The van der Waals surface area contributed by atoms with E-state index in [1.54, 1.807) is 18.2 Å². The van der Waals surface area contributed by atoms with Crippen LogP contribution in [0.2, 0.25) is 0 Å². The second-order valence-corrected chi connectivity index (χ2v) is 4.27. The van der Waals surface area contributed by atoms with Crippen LogP contribution in [0.3, 0.4) is 0 Å². The maximum absolute atomic E-state index is 10.9. The van der Waals surface area contributed by atoms with E-state index in [4.69, 9.17) is 5.11 Å². The first kappa shape index (κ1) is 13.5. The zero-order valence-electron chi connectivity index (χ0n) is 10.7. The maximum atomic E-state index is 10.9. The molecular weight excluding hydrogens is 260 g/mol. The lowest BCUT2D eigenvalue weighted by molar-refractivity contribution is -0.384. The van der Waals surface area contributed by atoms with Gasteiger partial charge >= 0.3 is 5.97 Å². The molecule has 0 saturated carbocycles. The van der Waals surface area contributed by atoms with Crippen molar-refractivity contribution < 1.29 is 14.8 Å². The number of aryl methyl sites for hydroxylation is 1. The normalized spacial score (nSPS) is 10.1. The van der Waals surface area contributed by atoms with E-state index in [9.17, 15) is 14.9 Å². The molecule has 0 aromatic heterocycles. The van der Waals surface area contributed by atoms with Gasteiger partial charge in [-0.2, -0.15) is 0 Å².